The van der Waals surface area contributed by atoms with Crippen LogP contribution in [0.2, 0.25) is 0 Å². The third kappa shape index (κ3) is 8.83. The number of unbranched alkanes of at least 4 members (excludes halogenated alkanes) is 1. The van der Waals surface area contributed by atoms with Crippen molar-refractivity contribution in [2.24, 2.45) is 0 Å². The van der Waals surface area contributed by atoms with Crippen molar-refractivity contribution in [2.75, 3.05) is 0 Å². The molecule has 2 aromatic carbocycles. The quantitative estimate of drug-likeness (QED) is 0.385. The summed E-state index contributed by atoms with van der Waals surface area (Å²) in [6.45, 7) is 3.39. The summed E-state index contributed by atoms with van der Waals surface area (Å²) < 4.78 is 39.2. The van der Waals surface area contributed by atoms with E-state index in [0.29, 0.717) is 24.3 Å². The molecule has 0 aliphatic rings. The fourth-order valence-electron chi connectivity index (χ4n) is 3.42. The van der Waals surface area contributed by atoms with Gasteiger partial charge in [-0.2, -0.15) is 13.2 Å². The first-order valence-electron chi connectivity index (χ1n) is 11.6. The average Bonchev–Trinajstić information content (AvgIpc) is 2.86. The summed E-state index contributed by atoms with van der Waals surface area (Å²) in [4.78, 5) is 49.5. The van der Waals surface area contributed by atoms with E-state index in [1.54, 1.807) is 30.3 Å². The monoisotopic (exact) mass is 505 g/mol. The molecule has 3 N–H and O–H groups in total. The first-order valence-corrected chi connectivity index (χ1v) is 11.6. The largest absolute Gasteiger partial charge is 0.416 e. The number of benzene rings is 2. The lowest BCUT2D eigenvalue weighted by Gasteiger charge is -2.22. The minimum absolute atomic E-state index is 0.0408. The number of rotatable bonds is 12. The van der Waals surface area contributed by atoms with Gasteiger partial charge in [0.2, 0.25) is 11.8 Å². The number of alkyl halides is 3. The highest BCUT2D eigenvalue weighted by Crippen LogP contribution is 2.29. The van der Waals surface area contributed by atoms with Gasteiger partial charge in [-0.1, -0.05) is 56.2 Å². The van der Waals surface area contributed by atoms with Gasteiger partial charge in [-0.05, 0) is 37.1 Å². The van der Waals surface area contributed by atoms with Crippen molar-refractivity contribution in [2.45, 2.75) is 63.8 Å². The van der Waals surface area contributed by atoms with Gasteiger partial charge in [-0.3, -0.25) is 14.4 Å². The van der Waals surface area contributed by atoms with Crippen LogP contribution in [-0.4, -0.2) is 42.1 Å². The summed E-state index contributed by atoms with van der Waals surface area (Å²) in [5.74, 6) is -2.13. The van der Waals surface area contributed by atoms with E-state index in [4.69, 9.17) is 0 Å². The summed E-state index contributed by atoms with van der Waals surface area (Å²) >= 11 is 0. The van der Waals surface area contributed by atoms with E-state index in [2.05, 4.69) is 16.0 Å². The molecule has 10 heteroatoms. The Morgan fingerprint density at radius 2 is 1.64 bits per heavy atom. The van der Waals surface area contributed by atoms with Crippen molar-refractivity contribution in [1.29, 1.82) is 0 Å². The number of nitrogens with one attached hydrogen (secondary N) is 3. The number of hydrogen-bond acceptors (Lipinski definition) is 4. The second kappa shape index (κ2) is 13.4. The molecule has 194 valence electrons. The molecule has 0 spiro atoms. The molecule has 0 saturated heterocycles. The first kappa shape index (κ1) is 28.5. The fourth-order valence-corrected chi connectivity index (χ4v) is 3.42. The molecule has 0 aliphatic heterocycles. The SMILES string of the molecule is CCCC[C@@H](C=O)NC(=O)[C@H](C)NC(=O)C(Cc1ccccc1)NC(=O)c1cccc(C(F)(F)F)c1. The van der Waals surface area contributed by atoms with Gasteiger partial charge in [0.1, 0.15) is 18.4 Å². The van der Waals surface area contributed by atoms with Crippen LogP contribution in [0.15, 0.2) is 54.6 Å². The van der Waals surface area contributed by atoms with Crippen LogP contribution in [-0.2, 0) is 27.0 Å². The maximum Gasteiger partial charge on any atom is 0.416 e. The van der Waals surface area contributed by atoms with Crippen LogP contribution < -0.4 is 16.0 Å². The predicted molar refractivity (Wildman–Crippen MR) is 128 cm³/mol. The third-order valence-corrected chi connectivity index (χ3v) is 5.47. The van der Waals surface area contributed by atoms with Crippen molar-refractivity contribution in [3.63, 3.8) is 0 Å². The minimum atomic E-state index is -4.63. The molecule has 0 heterocycles. The molecule has 1 unspecified atom stereocenters. The van der Waals surface area contributed by atoms with E-state index in [0.717, 1.165) is 25.0 Å². The van der Waals surface area contributed by atoms with Gasteiger partial charge in [0.05, 0.1) is 11.6 Å². The standard InChI is InChI=1S/C26H30F3N3O4/c1-3-4-13-21(16-33)31-23(34)17(2)30-25(36)22(14-18-9-6-5-7-10-18)32-24(35)19-11-8-12-20(15-19)26(27,28)29/h5-12,15-17,21-22H,3-4,13-14H2,1-2H3,(H,30,36)(H,31,34)(H,32,35)/t17-,21-,22?/m0/s1. The molecular weight excluding hydrogens is 475 g/mol. The highest BCUT2D eigenvalue weighted by Gasteiger charge is 2.31. The number of amides is 3. The number of hydrogen-bond donors (Lipinski definition) is 3. The highest BCUT2D eigenvalue weighted by molar-refractivity contribution is 5.98. The van der Waals surface area contributed by atoms with Crippen LogP contribution in [0.5, 0.6) is 0 Å². The van der Waals surface area contributed by atoms with E-state index in [1.165, 1.54) is 13.0 Å². The minimum Gasteiger partial charge on any atom is -0.345 e. The average molecular weight is 506 g/mol. The number of carbonyl (C=O) groups is 4. The molecule has 7 nitrogen and oxygen atoms in total. The Hall–Kier alpha value is -3.69. The Morgan fingerprint density at radius 1 is 0.944 bits per heavy atom. The van der Waals surface area contributed by atoms with E-state index in [-0.39, 0.29) is 12.0 Å². The molecule has 36 heavy (non-hydrogen) atoms. The van der Waals surface area contributed by atoms with Crippen LogP contribution in [0.1, 0.15) is 54.6 Å². The Morgan fingerprint density at radius 3 is 2.25 bits per heavy atom. The highest BCUT2D eigenvalue weighted by atomic mass is 19.4. The van der Waals surface area contributed by atoms with Crippen LogP contribution >= 0.6 is 0 Å². The van der Waals surface area contributed by atoms with Gasteiger partial charge in [0, 0.05) is 12.0 Å². The lowest BCUT2D eigenvalue weighted by molar-refractivity contribution is -0.137. The molecule has 0 fully saturated rings. The second-order valence-electron chi connectivity index (χ2n) is 8.42. The van der Waals surface area contributed by atoms with Gasteiger partial charge in [0.15, 0.2) is 0 Å². The lowest BCUT2D eigenvalue weighted by atomic mass is 10.0. The van der Waals surface area contributed by atoms with E-state index < -0.39 is 47.6 Å². The van der Waals surface area contributed by atoms with Gasteiger partial charge in [-0.25, -0.2) is 0 Å². The normalized spacial score (nSPS) is 13.7. The second-order valence-corrected chi connectivity index (χ2v) is 8.42. The van der Waals surface area contributed by atoms with Crippen LogP contribution in [0, 0.1) is 0 Å². The molecule has 0 aliphatic carbocycles. The van der Waals surface area contributed by atoms with E-state index >= 15 is 0 Å². The Balaban J connectivity index is 2.16. The molecule has 0 aromatic heterocycles. The van der Waals surface area contributed by atoms with Gasteiger partial charge >= 0.3 is 6.18 Å². The Bertz CT molecular complexity index is 1040. The Labute approximate surface area is 207 Å². The van der Waals surface area contributed by atoms with Crippen molar-refractivity contribution in [3.8, 4) is 0 Å². The molecule has 3 amide bonds. The molecule has 0 bridgehead atoms. The predicted octanol–water partition coefficient (Wildman–Crippen LogP) is 3.43. The van der Waals surface area contributed by atoms with Gasteiger partial charge in [-0.15, -0.1) is 0 Å². The molecule has 0 saturated carbocycles. The van der Waals surface area contributed by atoms with Crippen molar-refractivity contribution >= 4 is 24.0 Å². The zero-order valence-electron chi connectivity index (χ0n) is 20.1. The molecule has 2 aromatic rings. The zero-order chi connectivity index (χ0) is 26.7. The molecular formula is C26H30F3N3O4. The lowest BCUT2D eigenvalue weighted by Crippen LogP contribution is -2.54. The molecule has 3 atom stereocenters. The number of aldehydes is 1. The topological polar surface area (TPSA) is 104 Å². The number of carbonyl (C=O) groups excluding carboxylic acids is 4. The number of halogens is 3. The van der Waals surface area contributed by atoms with Crippen LogP contribution in [0.25, 0.3) is 0 Å². The summed E-state index contributed by atoms with van der Waals surface area (Å²) in [5.41, 5.74) is -0.553. The Kier molecular flexibility index (Phi) is 10.6. The fraction of sp³-hybridized carbons (Fsp3) is 0.385. The summed E-state index contributed by atoms with van der Waals surface area (Å²) in [5, 5.41) is 7.56. The van der Waals surface area contributed by atoms with Crippen molar-refractivity contribution in [3.05, 3.63) is 71.3 Å². The van der Waals surface area contributed by atoms with E-state index in [1.807, 2.05) is 6.92 Å². The third-order valence-electron chi connectivity index (χ3n) is 5.47. The molecule has 2 rings (SSSR count). The smallest absolute Gasteiger partial charge is 0.345 e. The van der Waals surface area contributed by atoms with Crippen molar-refractivity contribution in [1.82, 2.24) is 16.0 Å². The summed E-state index contributed by atoms with van der Waals surface area (Å²) in [6, 6.07) is 9.72. The maximum absolute atomic E-state index is 13.1. The van der Waals surface area contributed by atoms with E-state index in [9.17, 15) is 32.3 Å². The van der Waals surface area contributed by atoms with Gasteiger partial charge < -0.3 is 20.7 Å². The maximum atomic E-state index is 13.1. The summed E-state index contributed by atoms with van der Waals surface area (Å²) in [6.07, 6.45) is -1.90. The van der Waals surface area contributed by atoms with Crippen LogP contribution in [0.3, 0.4) is 0 Å². The first-order chi connectivity index (χ1) is 17.0. The van der Waals surface area contributed by atoms with Gasteiger partial charge in [0.25, 0.3) is 5.91 Å². The molecule has 0 radical (unpaired) electrons. The van der Waals surface area contributed by atoms with Crippen LogP contribution in [0.4, 0.5) is 13.2 Å². The van der Waals surface area contributed by atoms with Crippen molar-refractivity contribution < 1.29 is 32.3 Å². The zero-order valence-corrected chi connectivity index (χ0v) is 20.1. The summed E-state index contributed by atoms with van der Waals surface area (Å²) in [7, 11) is 0.